The summed E-state index contributed by atoms with van der Waals surface area (Å²) in [5.41, 5.74) is 1.05. The van der Waals surface area contributed by atoms with Gasteiger partial charge in [0.05, 0.1) is 16.0 Å². The van der Waals surface area contributed by atoms with Crippen molar-refractivity contribution in [1.29, 1.82) is 0 Å². The molecule has 0 aliphatic rings. The first-order valence-electron chi connectivity index (χ1n) is 7.26. The van der Waals surface area contributed by atoms with Crippen molar-refractivity contribution in [2.24, 2.45) is 0 Å². The van der Waals surface area contributed by atoms with Gasteiger partial charge in [-0.2, -0.15) is 0 Å². The lowest BCUT2D eigenvalue weighted by Gasteiger charge is -2.11. The van der Waals surface area contributed by atoms with Crippen molar-refractivity contribution < 1.29 is 18.9 Å². The number of aldehydes is 1. The van der Waals surface area contributed by atoms with Crippen LogP contribution in [0.3, 0.4) is 0 Å². The van der Waals surface area contributed by atoms with Crippen LogP contribution in [0.15, 0.2) is 52.9 Å². The van der Waals surface area contributed by atoms with Crippen molar-refractivity contribution in [3.8, 4) is 22.8 Å². The number of furan rings is 1. The smallest absolute Gasteiger partial charge is 0.273 e. The number of hydrogen-bond donors (Lipinski definition) is 0. The number of carbonyl (C=O) groups excluding carboxylic acids is 1. The molecule has 6 nitrogen and oxygen atoms in total. The van der Waals surface area contributed by atoms with E-state index < -0.39 is 4.92 Å². The van der Waals surface area contributed by atoms with Crippen LogP contribution in [0.4, 0.5) is 5.69 Å². The van der Waals surface area contributed by atoms with Gasteiger partial charge in [-0.25, -0.2) is 0 Å². The third-order valence-electron chi connectivity index (χ3n) is 3.51. The summed E-state index contributed by atoms with van der Waals surface area (Å²) in [6, 6.07) is 12.6. The minimum Gasteiger partial charge on any atom is -0.455 e. The van der Waals surface area contributed by atoms with Gasteiger partial charge in [-0.1, -0.05) is 23.7 Å². The highest BCUT2D eigenvalue weighted by atomic mass is 35.5. The maximum absolute atomic E-state index is 11.2. The van der Waals surface area contributed by atoms with E-state index in [-0.39, 0.29) is 17.2 Å². The van der Waals surface area contributed by atoms with Crippen molar-refractivity contribution in [3.63, 3.8) is 0 Å². The molecule has 0 saturated carbocycles. The zero-order chi connectivity index (χ0) is 18.0. The van der Waals surface area contributed by atoms with E-state index in [0.29, 0.717) is 28.4 Å². The molecule has 0 bridgehead atoms. The first kappa shape index (κ1) is 16.7. The SMILES string of the molecule is Cc1cccc(Cl)c1Oc1cc(-c2ccc(C=O)o2)cc([N+](=O)[O-])c1. The second-order valence-corrected chi connectivity index (χ2v) is 5.69. The number of nitro groups is 1. The largest absolute Gasteiger partial charge is 0.455 e. The fourth-order valence-electron chi connectivity index (χ4n) is 2.33. The molecule has 0 radical (unpaired) electrons. The van der Waals surface area contributed by atoms with Crippen LogP contribution in [0.25, 0.3) is 11.3 Å². The third kappa shape index (κ3) is 3.54. The zero-order valence-electron chi connectivity index (χ0n) is 13.1. The summed E-state index contributed by atoms with van der Waals surface area (Å²) in [5.74, 6) is 1.12. The van der Waals surface area contributed by atoms with Crippen LogP contribution in [-0.2, 0) is 0 Å². The fourth-order valence-corrected chi connectivity index (χ4v) is 2.59. The average molecular weight is 358 g/mol. The molecular formula is C18H12ClNO5. The lowest BCUT2D eigenvalue weighted by Crippen LogP contribution is -1.93. The average Bonchev–Trinajstić information content (AvgIpc) is 3.07. The molecule has 0 atom stereocenters. The van der Waals surface area contributed by atoms with E-state index in [9.17, 15) is 14.9 Å². The number of carbonyl (C=O) groups is 1. The van der Waals surface area contributed by atoms with Crippen molar-refractivity contribution in [2.45, 2.75) is 6.92 Å². The van der Waals surface area contributed by atoms with E-state index in [0.717, 1.165) is 5.56 Å². The van der Waals surface area contributed by atoms with E-state index in [2.05, 4.69) is 0 Å². The van der Waals surface area contributed by atoms with Gasteiger partial charge in [0.25, 0.3) is 5.69 Å². The molecule has 7 heteroatoms. The molecule has 1 aromatic heterocycles. The number of ether oxygens (including phenoxy) is 1. The monoisotopic (exact) mass is 357 g/mol. The summed E-state index contributed by atoms with van der Waals surface area (Å²) in [4.78, 5) is 21.5. The van der Waals surface area contributed by atoms with E-state index >= 15 is 0 Å². The predicted octanol–water partition coefficient (Wildman–Crippen LogP) is 5.42. The summed E-state index contributed by atoms with van der Waals surface area (Å²) in [6.07, 6.45) is 0.561. The van der Waals surface area contributed by atoms with Gasteiger partial charge >= 0.3 is 0 Å². The lowest BCUT2D eigenvalue weighted by atomic mass is 10.1. The molecule has 1 heterocycles. The summed E-state index contributed by atoms with van der Waals surface area (Å²) < 4.78 is 11.1. The number of hydrogen-bond acceptors (Lipinski definition) is 5. The zero-order valence-corrected chi connectivity index (χ0v) is 13.8. The highest BCUT2D eigenvalue weighted by Gasteiger charge is 2.16. The summed E-state index contributed by atoms with van der Waals surface area (Å²) in [6.45, 7) is 1.82. The minimum atomic E-state index is -0.528. The van der Waals surface area contributed by atoms with Crippen LogP contribution >= 0.6 is 11.6 Å². The Labute approximate surface area is 147 Å². The van der Waals surface area contributed by atoms with E-state index in [4.69, 9.17) is 20.8 Å². The third-order valence-corrected chi connectivity index (χ3v) is 3.81. The van der Waals surface area contributed by atoms with E-state index in [1.807, 2.05) is 13.0 Å². The van der Waals surface area contributed by atoms with Gasteiger partial charge < -0.3 is 9.15 Å². The van der Waals surface area contributed by atoms with Crippen LogP contribution in [-0.4, -0.2) is 11.2 Å². The van der Waals surface area contributed by atoms with Crippen LogP contribution < -0.4 is 4.74 Å². The van der Waals surface area contributed by atoms with Crippen molar-refractivity contribution >= 4 is 23.6 Å². The number of benzene rings is 2. The second-order valence-electron chi connectivity index (χ2n) is 5.28. The molecule has 0 N–H and O–H groups in total. The normalized spacial score (nSPS) is 10.5. The van der Waals surface area contributed by atoms with Crippen LogP contribution in [0.1, 0.15) is 16.1 Å². The Bertz CT molecular complexity index is 944. The predicted molar refractivity (Wildman–Crippen MR) is 92.4 cm³/mol. The summed E-state index contributed by atoms with van der Waals surface area (Å²) >= 11 is 6.14. The molecule has 0 unspecified atom stereocenters. The number of halogens is 1. The number of rotatable bonds is 5. The standard InChI is InChI=1S/C18H12ClNO5/c1-11-3-2-4-16(19)18(11)25-15-8-12(7-13(9-15)20(22)23)17-6-5-14(10-21)24-17/h2-10H,1H3. The quantitative estimate of drug-likeness (QED) is 0.346. The molecule has 0 aliphatic heterocycles. The highest BCUT2D eigenvalue weighted by molar-refractivity contribution is 6.32. The van der Waals surface area contributed by atoms with Crippen LogP contribution in [0.5, 0.6) is 11.5 Å². The topological polar surface area (TPSA) is 82.6 Å². The number of nitro benzene ring substituents is 1. The fraction of sp³-hybridized carbons (Fsp3) is 0.0556. The van der Waals surface area contributed by atoms with E-state index in [1.165, 1.54) is 18.2 Å². The molecule has 3 aromatic rings. The summed E-state index contributed by atoms with van der Waals surface area (Å²) in [7, 11) is 0. The molecule has 2 aromatic carbocycles. The van der Waals surface area contributed by atoms with Gasteiger partial charge in [0.1, 0.15) is 17.3 Å². The van der Waals surface area contributed by atoms with Crippen molar-refractivity contribution in [1.82, 2.24) is 0 Å². The van der Waals surface area contributed by atoms with Gasteiger partial charge in [-0.15, -0.1) is 0 Å². The first-order chi connectivity index (χ1) is 12.0. The van der Waals surface area contributed by atoms with Crippen molar-refractivity contribution in [2.75, 3.05) is 0 Å². The number of para-hydroxylation sites is 1. The van der Waals surface area contributed by atoms with E-state index in [1.54, 1.807) is 24.3 Å². The molecule has 126 valence electrons. The van der Waals surface area contributed by atoms with Gasteiger partial charge in [-0.05, 0) is 36.8 Å². The molecule has 0 amide bonds. The molecule has 3 rings (SSSR count). The van der Waals surface area contributed by atoms with Crippen LogP contribution in [0, 0.1) is 17.0 Å². The van der Waals surface area contributed by atoms with Gasteiger partial charge in [0.15, 0.2) is 12.0 Å². The Balaban J connectivity index is 2.07. The van der Waals surface area contributed by atoms with Crippen molar-refractivity contribution in [3.05, 3.63) is 75.0 Å². The molecular weight excluding hydrogens is 346 g/mol. The maximum Gasteiger partial charge on any atom is 0.273 e. The van der Waals surface area contributed by atoms with Crippen LogP contribution in [0.2, 0.25) is 5.02 Å². The van der Waals surface area contributed by atoms with Gasteiger partial charge in [0.2, 0.25) is 0 Å². The summed E-state index contributed by atoms with van der Waals surface area (Å²) in [5, 5.41) is 11.6. The maximum atomic E-state index is 11.2. The lowest BCUT2D eigenvalue weighted by molar-refractivity contribution is -0.384. The first-order valence-corrected chi connectivity index (χ1v) is 7.63. The Hall–Kier alpha value is -3.12. The number of nitrogens with zero attached hydrogens (tertiary/aromatic N) is 1. The highest BCUT2D eigenvalue weighted by Crippen LogP contribution is 2.36. The minimum absolute atomic E-state index is 0.130. The number of aryl methyl sites for hydroxylation is 1. The Morgan fingerprint density at radius 2 is 2.00 bits per heavy atom. The number of non-ortho nitro benzene ring substituents is 1. The molecule has 0 fully saturated rings. The molecule has 0 saturated heterocycles. The molecule has 25 heavy (non-hydrogen) atoms. The second kappa shape index (κ2) is 6.78. The Morgan fingerprint density at radius 1 is 1.20 bits per heavy atom. The Kier molecular flexibility index (Phi) is 4.54. The van der Waals surface area contributed by atoms with Gasteiger partial charge in [-0.3, -0.25) is 14.9 Å². The molecule has 0 spiro atoms. The molecule has 0 aliphatic carbocycles. The Morgan fingerprint density at radius 3 is 2.64 bits per heavy atom. The van der Waals surface area contributed by atoms with Gasteiger partial charge in [0, 0.05) is 11.6 Å².